The second-order valence-electron chi connectivity index (χ2n) is 8.40. The summed E-state index contributed by atoms with van der Waals surface area (Å²) in [5.41, 5.74) is 0.498. The summed E-state index contributed by atoms with van der Waals surface area (Å²) in [7, 11) is 3.24. The minimum absolute atomic E-state index is 0.247. The molecule has 0 N–H and O–H groups in total. The molecule has 1 saturated heterocycles. The molecule has 2 aromatic heterocycles. The molecule has 0 amide bonds. The minimum Gasteiger partial charge on any atom is -0.321 e. The summed E-state index contributed by atoms with van der Waals surface area (Å²) in [4.78, 5) is 32.4. The fraction of sp³-hybridized carbons (Fsp3) is 0.750. The summed E-state index contributed by atoms with van der Waals surface area (Å²) in [6.07, 6.45) is 4.51. The van der Waals surface area contributed by atoms with Crippen molar-refractivity contribution in [1.29, 1.82) is 0 Å². The summed E-state index contributed by atoms with van der Waals surface area (Å²) in [5.74, 6) is 2.24. The molecule has 3 heterocycles. The van der Waals surface area contributed by atoms with Gasteiger partial charge >= 0.3 is 5.69 Å². The van der Waals surface area contributed by atoms with Crippen molar-refractivity contribution in [1.82, 2.24) is 23.6 Å². The maximum Gasteiger partial charge on any atom is 0.332 e. The summed E-state index contributed by atoms with van der Waals surface area (Å²) < 4.78 is 4.75. The second kappa shape index (κ2) is 8.00. The maximum atomic E-state index is 12.8. The third-order valence-electron chi connectivity index (χ3n) is 5.72. The van der Waals surface area contributed by atoms with E-state index in [1.807, 2.05) is 0 Å². The Morgan fingerprint density at radius 2 is 1.70 bits per heavy atom. The third kappa shape index (κ3) is 3.88. The average molecular weight is 376 g/mol. The number of aryl methyl sites for hydroxylation is 2. The standard InChI is InChI=1S/C20H33N5O2/c1-6-7-8-9-25-16(13-24-11-14(2)10-15(3)12-24)21-18-17(25)19(26)23(5)20(27)22(18)4/h14-15H,6-13H2,1-5H3/t14-,15-/m1/s1. The van der Waals surface area contributed by atoms with Crippen LogP contribution in [-0.4, -0.2) is 36.7 Å². The van der Waals surface area contributed by atoms with E-state index in [0.717, 1.165) is 51.3 Å². The molecule has 3 rings (SSSR count). The van der Waals surface area contributed by atoms with Gasteiger partial charge in [0, 0.05) is 33.7 Å². The topological polar surface area (TPSA) is 65.1 Å². The lowest BCUT2D eigenvalue weighted by Gasteiger charge is -2.34. The molecule has 2 aromatic rings. The number of hydrogen-bond acceptors (Lipinski definition) is 4. The quantitative estimate of drug-likeness (QED) is 0.726. The highest BCUT2D eigenvalue weighted by Crippen LogP contribution is 2.23. The zero-order chi connectivity index (χ0) is 19.7. The van der Waals surface area contributed by atoms with Crippen LogP contribution in [0.4, 0.5) is 0 Å². The Balaban J connectivity index is 2.06. The number of nitrogens with zero attached hydrogens (tertiary/aromatic N) is 5. The Bertz CT molecular complexity index is 913. The summed E-state index contributed by atoms with van der Waals surface area (Å²) in [5, 5.41) is 0. The molecule has 7 heteroatoms. The zero-order valence-electron chi connectivity index (χ0n) is 17.4. The zero-order valence-corrected chi connectivity index (χ0v) is 17.4. The van der Waals surface area contributed by atoms with Crippen LogP contribution in [-0.2, 0) is 27.2 Å². The van der Waals surface area contributed by atoms with Gasteiger partial charge in [-0.05, 0) is 24.7 Å². The van der Waals surface area contributed by atoms with Gasteiger partial charge in [-0.3, -0.25) is 18.8 Å². The second-order valence-corrected chi connectivity index (χ2v) is 8.40. The summed E-state index contributed by atoms with van der Waals surface area (Å²) in [6, 6.07) is 0. The lowest BCUT2D eigenvalue weighted by atomic mass is 9.92. The van der Waals surface area contributed by atoms with Gasteiger partial charge in [0.25, 0.3) is 5.56 Å². The number of likely N-dealkylation sites (tertiary alicyclic amines) is 1. The van der Waals surface area contributed by atoms with Crippen molar-refractivity contribution in [3.05, 3.63) is 26.7 Å². The van der Waals surface area contributed by atoms with Crippen LogP contribution >= 0.6 is 0 Å². The third-order valence-corrected chi connectivity index (χ3v) is 5.72. The Labute approximate surface area is 160 Å². The van der Waals surface area contributed by atoms with E-state index in [9.17, 15) is 9.59 Å². The van der Waals surface area contributed by atoms with Gasteiger partial charge in [0.05, 0.1) is 6.54 Å². The van der Waals surface area contributed by atoms with Crippen LogP contribution in [0.25, 0.3) is 11.2 Å². The molecule has 2 atom stereocenters. The number of unbranched alkanes of at least 4 members (excludes halogenated alkanes) is 2. The molecule has 1 fully saturated rings. The molecule has 0 saturated carbocycles. The molecule has 0 bridgehead atoms. The van der Waals surface area contributed by atoms with Crippen LogP contribution in [0, 0.1) is 11.8 Å². The van der Waals surface area contributed by atoms with E-state index in [2.05, 4.69) is 30.2 Å². The van der Waals surface area contributed by atoms with Crippen LogP contribution in [0.15, 0.2) is 9.59 Å². The number of imidazole rings is 1. The van der Waals surface area contributed by atoms with Gasteiger partial charge in [-0.2, -0.15) is 0 Å². The van der Waals surface area contributed by atoms with E-state index in [4.69, 9.17) is 4.98 Å². The number of piperidine rings is 1. The largest absolute Gasteiger partial charge is 0.332 e. The molecule has 1 aliphatic rings. The van der Waals surface area contributed by atoms with Crippen LogP contribution in [0.1, 0.15) is 52.3 Å². The Kier molecular flexibility index (Phi) is 5.89. The number of hydrogen-bond donors (Lipinski definition) is 0. The van der Waals surface area contributed by atoms with Gasteiger partial charge in [0.1, 0.15) is 5.82 Å². The Morgan fingerprint density at radius 3 is 2.33 bits per heavy atom. The van der Waals surface area contributed by atoms with E-state index >= 15 is 0 Å². The van der Waals surface area contributed by atoms with E-state index < -0.39 is 0 Å². The Hall–Kier alpha value is -1.89. The smallest absolute Gasteiger partial charge is 0.321 e. The van der Waals surface area contributed by atoms with Crippen molar-refractivity contribution >= 4 is 11.2 Å². The molecule has 0 aromatic carbocycles. The first-order valence-corrected chi connectivity index (χ1v) is 10.2. The van der Waals surface area contributed by atoms with Crippen molar-refractivity contribution in [2.75, 3.05) is 13.1 Å². The van der Waals surface area contributed by atoms with Crippen molar-refractivity contribution < 1.29 is 0 Å². The van der Waals surface area contributed by atoms with Crippen LogP contribution < -0.4 is 11.2 Å². The highest BCUT2D eigenvalue weighted by Gasteiger charge is 2.25. The van der Waals surface area contributed by atoms with Gasteiger partial charge in [-0.1, -0.05) is 33.6 Å². The van der Waals surface area contributed by atoms with Gasteiger partial charge in [0.15, 0.2) is 11.2 Å². The fourth-order valence-electron chi connectivity index (χ4n) is 4.49. The van der Waals surface area contributed by atoms with E-state index in [0.29, 0.717) is 23.0 Å². The molecule has 150 valence electrons. The molecule has 0 aliphatic carbocycles. The lowest BCUT2D eigenvalue weighted by molar-refractivity contribution is 0.130. The lowest BCUT2D eigenvalue weighted by Crippen LogP contribution is -2.39. The predicted octanol–water partition coefficient (Wildman–Crippen LogP) is 2.10. The van der Waals surface area contributed by atoms with Crippen LogP contribution in [0.2, 0.25) is 0 Å². The maximum absolute atomic E-state index is 12.8. The molecule has 1 aliphatic heterocycles. The molecular formula is C20H33N5O2. The Morgan fingerprint density at radius 1 is 1.04 bits per heavy atom. The number of rotatable bonds is 6. The van der Waals surface area contributed by atoms with Crippen LogP contribution in [0.3, 0.4) is 0 Å². The van der Waals surface area contributed by atoms with E-state index in [-0.39, 0.29) is 11.2 Å². The average Bonchev–Trinajstić information content (AvgIpc) is 2.96. The molecule has 0 unspecified atom stereocenters. The van der Waals surface area contributed by atoms with Gasteiger partial charge in [0.2, 0.25) is 0 Å². The van der Waals surface area contributed by atoms with E-state index in [1.54, 1.807) is 14.1 Å². The van der Waals surface area contributed by atoms with Gasteiger partial charge in [-0.15, -0.1) is 0 Å². The molecule has 0 spiro atoms. The monoisotopic (exact) mass is 375 g/mol. The fourth-order valence-corrected chi connectivity index (χ4v) is 4.49. The first-order valence-electron chi connectivity index (χ1n) is 10.2. The first-order chi connectivity index (χ1) is 12.8. The predicted molar refractivity (Wildman–Crippen MR) is 108 cm³/mol. The van der Waals surface area contributed by atoms with Gasteiger partial charge < -0.3 is 4.57 Å². The molecule has 27 heavy (non-hydrogen) atoms. The van der Waals surface area contributed by atoms with Crippen molar-refractivity contribution in [3.8, 4) is 0 Å². The number of aromatic nitrogens is 4. The molecule has 7 nitrogen and oxygen atoms in total. The van der Waals surface area contributed by atoms with Crippen molar-refractivity contribution in [2.45, 2.75) is 59.5 Å². The summed E-state index contributed by atoms with van der Waals surface area (Å²) in [6.45, 7) is 10.4. The molecular weight excluding hydrogens is 342 g/mol. The normalized spacial score (nSPS) is 21.2. The minimum atomic E-state index is -0.322. The van der Waals surface area contributed by atoms with Gasteiger partial charge in [-0.25, -0.2) is 9.78 Å². The summed E-state index contributed by atoms with van der Waals surface area (Å²) >= 11 is 0. The highest BCUT2D eigenvalue weighted by molar-refractivity contribution is 5.71. The van der Waals surface area contributed by atoms with Crippen LogP contribution in [0.5, 0.6) is 0 Å². The highest BCUT2D eigenvalue weighted by atomic mass is 16.2. The SMILES string of the molecule is CCCCCn1c(CN2C[C@H](C)C[C@@H](C)C2)nc2c1c(=O)n(C)c(=O)n2C. The van der Waals surface area contributed by atoms with Crippen molar-refractivity contribution in [2.24, 2.45) is 25.9 Å². The first kappa shape index (κ1) is 19.9. The number of fused-ring (bicyclic) bond motifs is 1. The molecule has 0 radical (unpaired) electrons. The van der Waals surface area contributed by atoms with E-state index in [1.165, 1.54) is 15.6 Å². The van der Waals surface area contributed by atoms with Crippen molar-refractivity contribution in [3.63, 3.8) is 0 Å².